The molecule has 18 heavy (non-hydrogen) atoms. The molecular weight excluding hydrogens is 226 g/mol. The number of hydrogen-bond donors (Lipinski definition) is 2. The monoisotopic (exact) mass is 245 g/mol. The lowest BCUT2D eigenvalue weighted by Crippen LogP contribution is -1.98. The van der Waals surface area contributed by atoms with Gasteiger partial charge in [0.25, 0.3) is 0 Å². The summed E-state index contributed by atoms with van der Waals surface area (Å²) in [6.07, 6.45) is 0.935. The Bertz CT molecular complexity index is 546. The first-order valence-corrected chi connectivity index (χ1v) is 6.12. The van der Waals surface area contributed by atoms with Crippen LogP contribution in [-0.4, -0.2) is 17.3 Å². The van der Waals surface area contributed by atoms with Gasteiger partial charge in [0.1, 0.15) is 5.75 Å². The molecule has 0 fully saturated rings. The van der Waals surface area contributed by atoms with E-state index >= 15 is 0 Å². The molecule has 0 amide bonds. The molecule has 0 radical (unpaired) electrons. The smallest absolute Gasteiger partial charge is 0.122 e. The van der Waals surface area contributed by atoms with Crippen LogP contribution >= 0.6 is 0 Å². The van der Waals surface area contributed by atoms with Crippen molar-refractivity contribution < 1.29 is 4.74 Å². The molecule has 0 atom stereocenters. The lowest BCUT2D eigenvalue weighted by atomic mass is 10.0. The van der Waals surface area contributed by atoms with Crippen LogP contribution in [0.1, 0.15) is 23.7 Å². The van der Waals surface area contributed by atoms with Crippen molar-refractivity contribution >= 4 is 0 Å². The summed E-state index contributed by atoms with van der Waals surface area (Å²) in [5.74, 6) is 0.925. The van der Waals surface area contributed by atoms with Gasteiger partial charge in [0, 0.05) is 12.1 Å². The summed E-state index contributed by atoms with van der Waals surface area (Å²) in [4.78, 5) is 0. The van der Waals surface area contributed by atoms with Crippen LogP contribution in [0.25, 0.3) is 11.3 Å². The summed E-state index contributed by atoms with van der Waals surface area (Å²) in [5.41, 5.74) is 11.0. The Balaban J connectivity index is 2.47. The third-order valence-corrected chi connectivity index (χ3v) is 3.25. The number of H-pyrrole nitrogens is 1. The maximum absolute atomic E-state index is 5.65. The largest absolute Gasteiger partial charge is 0.496 e. The minimum Gasteiger partial charge on any atom is -0.496 e. The van der Waals surface area contributed by atoms with Crippen LogP contribution in [-0.2, 0) is 13.0 Å². The summed E-state index contributed by atoms with van der Waals surface area (Å²) in [6, 6.07) is 6.15. The summed E-state index contributed by atoms with van der Waals surface area (Å²) in [6.45, 7) is 4.64. The topological polar surface area (TPSA) is 63.9 Å². The highest BCUT2D eigenvalue weighted by Crippen LogP contribution is 2.28. The van der Waals surface area contributed by atoms with Crippen molar-refractivity contribution in [3.8, 4) is 17.0 Å². The highest BCUT2D eigenvalue weighted by atomic mass is 16.5. The molecule has 1 aromatic heterocycles. The fraction of sp³-hybridized carbons (Fsp3) is 0.357. The minimum absolute atomic E-state index is 0.482. The molecule has 1 aromatic carbocycles. The van der Waals surface area contributed by atoms with E-state index in [4.69, 9.17) is 10.5 Å². The number of nitrogens with one attached hydrogen (secondary N) is 1. The zero-order valence-corrected chi connectivity index (χ0v) is 11.1. The van der Waals surface area contributed by atoms with Gasteiger partial charge in [0.05, 0.1) is 18.5 Å². The van der Waals surface area contributed by atoms with E-state index in [1.54, 1.807) is 7.11 Å². The standard InChI is InChI=1S/C14H19N3O/c1-4-10-7-11(5-6-13(10)18-3)14-9(2)12(8-15)16-17-14/h5-7H,4,8,15H2,1-3H3,(H,16,17). The molecule has 2 rings (SSSR count). The van der Waals surface area contributed by atoms with Crippen molar-refractivity contribution in [2.45, 2.75) is 26.8 Å². The van der Waals surface area contributed by atoms with E-state index in [9.17, 15) is 0 Å². The van der Waals surface area contributed by atoms with Crippen LogP contribution in [0.2, 0.25) is 0 Å². The maximum atomic E-state index is 5.65. The van der Waals surface area contributed by atoms with Gasteiger partial charge in [-0.05, 0) is 42.7 Å². The average molecular weight is 245 g/mol. The molecule has 0 aliphatic carbocycles. The fourth-order valence-electron chi connectivity index (χ4n) is 2.12. The summed E-state index contributed by atoms with van der Waals surface area (Å²) in [7, 11) is 1.69. The quantitative estimate of drug-likeness (QED) is 0.869. The Morgan fingerprint density at radius 3 is 2.72 bits per heavy atom. The van der Waals surface area contributed by atoms with Crippen LogP contribution in [0.5, 0.6) is 5.75 Å². The third-order valence-electron chi connectivity index (χ3n) is 3.25. The molecule has 2 aromatic rings. The molecule has 0 bridgehead atoms. The van der Waals surface area contributed by atoms with Gasteiger partial charge in [-0.15, -0.1) is 0 Å². The molecule has 4 nitrogen and oxygen atoms in total. The van der Waals surface area contributed by atoms with E-state index in [0.29, 0.717) is 6.54 Å². The fourth-order valence-corrected chi connectivity index (χ4v) is 2.12. The van der Waals surface area contributed by atoms with Crippen LogP contribution in [0.3, 0.4) is 0 Å². The molecule has 0 saturated heterocycles. The number of aryl methyl sites for hydroxylation is 1. The van der Waals surface area contributed by atoms with Crippen molar-refractivity contribution in [2.75, 3.05) is 7.11 Å². The summed E-state index contributed by atoms with van der Waals surface area (Å²) < 4.78 is 5.34. The Hall–Kier alpha value is -1.81. The first-order valence-electron chi connectivity index (χ1n) is 6.12. The van der Waals surface area contributed by atoms with E-state index in [0.717, 1.165) is 34.7 Å². The SMILES string of the molecule is CCc1cc(-c2n[nH]c(CN)c2C)ccc1OC. The first kappa shape index (κ1) is 12.6. The number of methoxy groups -OCH3 is 1. The van der Waals surface area contributed by atoms with Gasteiger partial charge in [-0.2, -0.15) is 5.10 Å². The lowest BCUT2D eigenvalue weighted by Gasteiger charge is -2.08. The van der Waals surface area contributed by atoms with E-state index in [1.807, 2.05) is 19.1 Å². The molecular formula is C14H19N3O. The van der Waals surface area contributed by atoms with Crippen LogP contribution in [0, 0.1) is 6.92 Å². The second-order valence-corrected chi connectivity index (χ2v) is 4.26. The Morgan fingerprint density at radius 1 is 1.39 bits per heavy atom. The van der Waals surface area contributed by atoms with Crippen molar-refractivity contribution in [3.63, 3.8) is 0 Å². The molecule has 0 saturated carbocycles. The highest BCUT2D eigenvalue weighted by Gasteiger charge is 2.11. The average Bonchev–Trinajstić information content (AvgIpc) is 2.79. The number of benzene rings is 1. The number of nitrogens with zero attached hydrogens (tertiary/aromatic N) is 1. The number of rotatable bonds is 4. The number of aromatic nitrogens is 2. The van der Waals surface area contributed by atoms with E-state index in [1.165, 1.54) is 5.56 Å². The van der Waals surface area contributed by atoms with Crippen molar-refractivity contribution in [1.29, 1.82) is 0 Å². The Labute approximate surface area is 107 Å². The predicted octanol–water partition coefficient (Wildman–Crippen LogP) is 2.41. The van der Waals surface area contributed by atoms with Gasteiger partial charge < -0.3 is 10.5 Å². The second kappa shape index (κ2) is 5.23. The Morgan fingerprint density at radius 2 is 2.17 bits per heavy atom. The summed E-state index contributed by atoms with van der Waals surface area (Å²) >= 11 is 0. The van der Waals surface area contributed by atoms with Crippen LogP contribution < -0.4 is 10.5 Å². The molecule has 3 N–H and O–H groups in total. The van der Waals surface area contributed by atoms with E-state index in [2.05, 4.69) is 23.2 Å². The number of hydrogen-bond acceptors (Lipinski definition) is 3. The zero-order chi connectivity index (χ0) is 13.1. The highest BCUT2D eigenvalue weighted by molar-refractivity contribution is 5.66. The lowest BCUT2D eigenvalue weighted by molar-refractivity contribution is 0.410. The molecule has 0 unspecified atom stereocenters. The third kappa shape index (κ3) is 2.11. The molecule has 0 aliphatic heterocycles. The number of nitrogens with two attached hydrogens (primary N) is 1. The molecule has 0 aliphatic rings. The van der Waals surface area contributed by atoms with Gasteiger partial charge in [-0.25, -0.2) is 0 Å². The van der Waals surface area contributed by atoms with Crippen LogP contribution in [0.15, 0.2) is 18.2 Å². The van der Waals surface area contributed by atoms with Crippen LogP contribution in [0.4, 0.5) is 0 Å². The number of aromatic amines is 1. The molecule has 0 spiro atoms. The maximum Gasteiger partial charge on any atom is 0.122 e. The van der Waals surface area contributed by atoms with Crippen molar-refractivity contribution in [3.05, 3.63) is 35.0 Å². The predicted molar refractivity (Wildman–Crippen MR) is 72.6 cm³/mol. The van der Waals surface area contributed by atoms with E-state index < -0.39 is 0 Å². The van der Waals surface area contributed by atoms with E-state index in [-0.39, 0.29) is 0 Å². The number of ether oxygens (including phenoxy) is 1. The second-order valence-electron chi connectivity index (χ2n) is 4.26. The van der Waals surface area contributed by atoms with Gasteiger partial charge in [-0.3, -0.25) is 5.10 Å². The van der Waals surface area contributed by atoms with Gasteiger partial charge in [0.2, 0.25) is 0 Å². The Kier molecular flexibility index (Phi) is 3.67. The minimum atomic E-state index is 0.482. The molecule has 1 heterocycles. The van der Waals surface area contributed by atoms with Gasteiger partial charge >= 0.3 is 0 Å². The van der Waals surface area contributed by atoms with Gasteiger partial charge in [-0.1, -0.05) is 6.92 Å². The normalized spacial score (nSPS) is 10.7. The zero-order valence-electron chi connectivity index (χ0n) is 11.1. The van der Waals surface area contributed by atoms with Gasteiger partial charge in [0.15, 0.2) is 0 Å². The van der Waals surface area contributed by atoms with Crippen molar-refractivity contribution in [1.82, 2.24) is 10.2 Å². The first-order chi connectivity index (χ1) is 8.71. The summed E-state index contributed by atoms with van der Waals surface area (Å²) in [5, 5.41) is 7.32. The molecule has 96 valence electrons. The van der Waals surface area contributed by atoms with Crippen molar-refractivity contribution in [2.24, 2.45) is 5.73 Å². The molecule has 4 heteroatoms.